The second kappa shape index (κ2) is 3.74. The van der Waals surface area contributed by atoms with Crippen molar-refractivity contribution in [2.24, 2.45) is 0 Å². The Morgan fingerprint density at radius 3 is 2.58 bits per heavy atom. The van der Waals surface area contributed by atoms with E-state index in [4.69, 9.17) is 0 Å². The van der Waals surface area contributed by atoms with Crippen LogP contribution in [0.15, 0.2) is 11.1 Å². The first-order valence-electron chi connectivity index (χ1n) is 4.54. The summed E-state index contributed by atoms with van der Waals surface area (Å²) in [5.41, 5.74) is 2.20. The molecule has 68 valence electrons. The minimum Gasteiger partial charge on any atom is -0.342 e. The quantitative estimate of drug-likeness (QED) is 0.505. The summed E-state index contributed by atoms with van der Waals surface area (Å²) in [7, 11) is 1.89. The Morgan fingerprint density at radius 2 is 2.00 bits per heavy atom. The molecule has 0 spiro atoms. The summed E-state index contributed by atoms with van der Waals surface area (Å²) in [4.78, 5) is 13.5. The Hall–Kier alpha value is -0.790. The topological polar surface area (TPSA) is 20.3 Å². The number of amides is 1. The maximum Gasteiger partial charge on any atom is 0.249 e. The van der Waals surface area contributed by atoms with Crippen molar-refractivity contribution >= 4 is 5.91 Å². The minimum atomic E-state index is 0.229. The molecule has 0 unspecified atom stereocenters. The highest BCUT2D eigenvalue weighted by Crippen LogP contribution is 2.18. The Labute approximate surface area is 74.2 Å². The lowest BCUT2D eigenvalue weighted by atomic mass is 10.1. The van der Waals surface area contributed by atoms with Crippen molar-refractivity contribution in [1.29, 1.82) is 0 Å². The van der Waals surface area contributed by atoms with Crippen LogP contribution in [0, 0.1) is 0 Å². The Bertz CT molecular complexity index is 214. The monoisotopic (exact) mass is 167 g/mol. The fourth-order valence-electron chi connectivity index (χ4n) is 1.55. The zero-order chi connectivity index (χ0) is 9.14. The van der Waals surface area contributed by atoms with Crippen LogP contribution in [0.25, 0.3) is 0 Å². The van der Waals surface area contributed by atoms with Crippen LogP contribution in [0.1, 0.15) is 33.1 Å². The summed E-state index contributed by atoms with van der Waals surface area (Å²) in [6.45, 7) is 4.95. The highest BCUT2D eigenvalue weighted by molar-refractivity contribution is 5.94. The van der Waals surface area contributed by atoms with Gasteiger partial charge in [-0.25, -0.2) is 0 Å². The minimum absolute atomic E-state index is 0.229. The number of likely N-dealkylation sites (N-methyl/N-ethyl adjacent to an activating group) is 1. The van der Waals surface area contributed by atoms with E-state index < -0.39 is 0 Å². The van der Waals surface area contributed by atoms with Crippen molar-refractivity contribution in [3.63, 3.8) is 0 Å². The van der Waals surface area contributed by atoms with Gasteiger partial charge in [-0.2, -0.15) is 0 Å². The third kappa shape index (κ3) is 1.87. The molecule has 0 aromatic heterocycles. The molecule has 0 aromatic rings. The van der Waals surface area contributed by atoms with E-state index >= 15 is 0 Å². The van der Waals surface area contributed by atoms with Gasteiger partial charge >= 0.3 is 0 Å². The molecular formula is C10H17NO. The molecule has 0 atom stereocenters. The molecular weight excluding hydrogens is 150 g/mol. The molecule has 0 aliphatic carbocycles. The highest BCUT2D eigenvalue weighted by atomic mass is 16.2. The molecule has 0 N–H and O–H groups in total. The number of carbonyl (C=O) groups is 1. The van der Waals surface area contributed by atoms with Crippen molar-refractivity contribution in [3.8, 4) is 0 Å². The first kappa shape index (κ1) is 9.30. The molecule has 0 radical (unpaired) electrons. The summed E-state index contributed by atoms with van der Waals surface area (Å²) in [5.74, 6) is 0.229. The lowest BCUT2D eigenvalue weighted by Gasteiger charge is -2.15. The molecule has 0 bridgehead atoms. The molecule has 2 heteroatoms. The molecule has 0 saturated carbocycles. The fourth-order valence-corrected chi connectivity index (χ4v) is 1.55. The summed E-state index contributed by atoms with van der Waals surface area (Å²) in [6.07, 6.45) is 3.25. The summed E-state index contributed by atoms with van der Waals surface area (Å²) < 4.78 is 0. The summed E-state index contributed by atoms with van der Waals surface area (Å²) in [6, 6.07) is 0. The van der Waals surface area contributed by atoms with Crippen molar-refractivity contribution in [2.45, 2.75) is 33.1 Å². The number of hydrogen-bond acceptors (Lipinski definition) is 1. The van der Waals surface area contributed by atoms with Gasteiger partial charge in [-0.1, -0.05) is 5.57 Å². The third-order valence-corrected chi connectivity index (χ3v) is 2.38. The van der Waals surface area contributed by atoms with Gasteiger partial charge in [0.05, 0.1) is 0 Å². The number of rotatable bonds is 0. The van der Waals surface area contributed by atoms with Crippen LogP contribution in [0.5, 0.6) is 0 Å². The number of allylic oxidation sites excluding steroid dienone is 1. The first-order valence-corrected chi connectivity index (χ1v) is 4.54. The van der Waals surface area contributed by atoms with E-state index in [9.17, 15) is 4.79 Å². The van der Waals surface area contributed by atoms with Crippen molar-refractivity contribution in [1.82, 2.24) is 4.90 Å². The molecule has 12 heavy (non-hydrogen) atoms. The average Bonchev–Trinajstić information content (AvgIpc) is 2.15. The Balaban J connectivity index is 2.86. The smallest absolute Gasteiger partial charge is 0.249 e. The molecule has 1 heterocycles. The second-order valence-electron chi connectivity index (χ2n) is 3.66. The standard InChI is InChI=1S/C10H17NO/c1-8(2)9-6-4-5-7-11(3)10(9)12/h4-7H2,1-3H3. The van der Waals surface area contributed by atoms with E-state index in [1.165, 1.54) is 5.57 Å². The lowest BCUT2D eigenvalue weighted by molar-refractivity contribution is -0.125. The normalized spacial score (nSPS) is 19.4. The zero-order valence-corrected chi connectivity index (χ0v) is 8.18. The number of carbonyl (C=O) groups excluding carboxylic acids is 1. The number of nitrogens with zero attached hydrogens (tertiary/aromatic N) is 1. The van der Waals surface area contributed by atoms with Crippen LogP contribution in [0.4, 0.5) is 0 Å². The lowest BCUT2D eigenvalue weighted by Crippen LogP contribution is -2.27. The molecule has 1 amide bonds. The van der Waals surface area contributed by atoms with Gasteiger partial charge in [0.15, 0.2) is 0 Å². The van der Waals surface area contributed by atoms with Gasteiger partial charge in [0.1, 0.15) is 0 Å². The van der Waals surface area contributed by atoms with Crippen LogP contribution in [-0.4, -0.2) is 24.4 Å². The molecule has 1 aliphatic rings. The maximum absolute atomic E-state index is 11.7. The fraction of sp³-hybridized carbons (Fsp3) is 0.700. The van der Waals surface area contributed by atoms with E-state index in [2.05, 4.69) is 0 Å². The summed E-state index contributed by atoms with van der Waals surface area (Å²) in [5, 5.41) is 0. The molecule has 1 saturated heterocycles. The SMILES string of the molecule is CC(C)=C1CCCCN(C)C1=O. The highest BCUT2D eigenvalue weighted by Gasteiger charge is 2.18. The van der Waals surface area contributed by atoms with Gasteiger partial charge in [0.25, 0.3) is 0 Å². The van der Waals surface area contributed by atoms with Crippen LogP contribution in [0.2, 0.25) is 0 Å². The largest absolute Gasteiger partial charge is 0.342 e. The molecule has 1 fully saturated rings. The van der Waals surface area contributed by atoms with Crippen molar-refractivity contribution in [2.75, 3.05) is 13.6 Å². The van der Waals surface area contributed by atoms with E-state index in [1.807, 2.05) is 25.8 Å². The van der Waals surface area contributed by atoms with Gasteiger partial charge in [-0.15, -0.1) is 0 Å². The van der Waals surface area contributed by atoms with E-state index in [0.29, 0.717) is 0 Å². The molecule has 2 nitrogen and oxygen atoms in total. The first-order chi connectivity index (χ1) is 5.63. The van der Waals surface area contributed by atoms with Gasteiger partial charge in [-0.3, -0.25) is 4.79 Å². The Morgan fingerprint density at radius 1 is 1.33 bits per heavy atom. The predicted octanol–water partition coefficient (Wildman–Crippen LogP) is 1.97. The third-order valence-electron chi connectivity index (χ3n) is 2.38. The van der Waals surface area contributed by atoms with Crippen LogP contribution in [-0.2, 0) is 4.79 Å². The van der Waals surface area contributed by atoms with Crippen LogP contribution in [0.3, 0.4) is 0 Å². The van der Waals surface area contributed by atoms with E-state index in [1.54, 1.807) is 0 Å². The van der Waals surface area contributed by atoms with Gasteiger partial charge in [0, 0.05) is 19.2 Å². The van der Waals surface area contributed by atoms with Gasteiger partial charge in [-0.05, 0) is 33.1 Å². The summed E-state index contributed by atoms with van der Waals surface area (Å²) >= 11 is 0. The van der Waals surface area contributed by atoms with Crippen molar-refractivity contribution in [3.05, 3.63) is 11.1 Å². The van der Waals surface area contributed by atoms with E-state index in [-0.39, 0.29) is 5.91 Å². The van der Waals surface area contributed by atoms with Gasteiger partial charge < -0.3 is 4.90 Å². The predicted molar refractivity (Wildman–Crippen MR) is 49.9 cm³/mol. The van der Waals surface area contributed by atoms with E-state index in [0.717, 1.165) is 31.4 Å². The average molecular weight is 167 g/mol. The Kier molecular flexibility index (Phi) is 2.90. The van der Waals surface area contributed by atoms with Crippen molar-refractivity contribution < 1.29 is 4.79 Å². The van der Waals surface area contributed by atoms with Crippen LogP contribution < -0.4 is 0 Å². The second-order valence-corrected chi connectivity index (χ2v) is 3.66. The molecule has 1 aliphatic heterocycles. The molecule has 0 aromatic carbocycles. The van der Waals surface area contributed by atoms with Crippen LogP contribution >= 0.6 is 0 Å². The zero-order valence-electron chi connectivity index (χ0n) is 8.18. The maximum atomic E-state index is 11.7. The number of hydrogen-bond donors (Lipinski definition) is 0. The van der Waals surface area contributed by atoms with Gasteiger partial charge in [0.2, 0.25) is 5.91 Å². The molecule has 1 rings (SSSR count). The number of likely N-dealkylation sites (tertiary alicyclic amines) is 1.